The average Bonchev–Trinajstić information content (AvgIpc) is 3.13. The van der Waals surface area contributed by atoms with Crippen LogP contribution in [0.5, 0.6) is 0 Å². The number of nitrogens with one attached hydrogen (secondary N) is 1. The number of carboxylic acid groups (broad SMARTS) is 1. The first kappa shape index (κ1) is 22.9. The molecule has 3 heterocycles. The summed E-state index contributed by atoms with van der Waals surface area (Å²) >= 11 is 0. The van der Waals surface area contributed by atoms with E-state index in [4.69, 9.17) is 10.8 Å². The summed E-state index contributed by atoms with van der Waals surface area (Å²) in [5.41, 5.74) is 4.64. The number of primary amides is 1. The summed E-state index contributed by atoms with van der Waals surface area (Å²) in [5, 5.41) is 11.5. The second-order valence-corrected chi connectivity index (χ2v) is 7.02. The number of amides is 3. The van der Waals surface area contributed by atoms with Gasteiger partial charge in [-0.2, -0.15) is 13.2 Å². The van der Waals surface area contributed by atoms with Crippen LogP contribution < -0.4 is 11.1 Å². The van der Waals surface area contributed by atoms with Crippen molar-refractivity contribution in [2.45, 2.75) is 31.4 Å². The van der Waals surface area contributed by atoms with Crippen molar-refractivity contribution in [2.75, 3.05) is 6.54 Å². The predicted octanol–water partition coefficient (Wildman–Crippen LogP) is 1.97. The van der Waals surface area contributed by atoms with Gasteiger partial charge >= 0.3 is 12.3 Å². The lowest BCUT2D eigenvalue weighted by Crippen LogP contribution is -2.45. The minimum Gasteiger partial charge on any atom is -0.465 e. The van der Waals surface area contributed by atoms with E-state index in [1.165, 1.54) is 6.07 Å². The molecule has 2 atom stereocenters. The van der Waals surface area contributed by atoms with Gasteiger partial charge in [-0.25, -0.2) is 9.18 Å². The van der Waals surface area contributed by atoms with Gasteiger partial charge in [-0.3, -0.25) is 24.5 Å². The molecule has 0 bridgehead atoms. The first-order chi connectivity index (χ1) is 15.0. The molecule has 3 amide bonds. The fraction of sp³-hybridized carbons (Fsp3) is 0.316. The summed E-state index contributed by atoms with van der Waals surface area (Å²) in [6.07, 6.45) is -5.78. The van der Waals surface area contributed by atoms with Gasteiger partial charge in [-0.15, -0.1) is 0 Å². The van der Waals surface area contributed by atoms with Gasteiger partial charge in [0.2, 0.25) is 5.91 Å². The van der Waals surface area contributed by atoms with Crippen molar-refractivity contribution >= 4 is 17.9 Å². The Bertz CT molecular complexity index is 1050. The fourth-order valence-electron chi connectivity index (χ4n) is 3.29. The van der Waals surface area contributed by atoms with E-state index < -0.39 is 48.5 Å². The van der Waals surface area contributed by atoms with Gasteiger partial charge in [-0.1, -0.05) is 6.07 Å². The van der Waals surface area contributed by atoms with Crippen molar-refractivity contribution in [3.05, 3.63) is 47.5 Å². The molecule has 4 N–H and O–H groups in total. The number of nitrogens with zero attached hydrogens (tertiary/aromatic N) is 3. The fourth-order valence-corrected chi connectivity index (χ4v) is 3.29. The van der Waals surface area contributed by atoms with E-state index in [0.29, 0.717) is 4.90 Å². The Balaban J connectivity index is 1.81. The molecule has 0 radical (unpaired) electrons. The van der Waals surface area contributed by atoms with Gasteiger partial charge in [0.1, 0.15) is 17.9 Å². The number of rotatable bonds is 5. The highest BCUT2D eigenvalue weighted by Crippen LogP contribution is 2.30. The number of hydrogen-bond acceptors (Lipinski definition) is 5. The van der Waals surface area contributed by atoms with Crippen LogP contribution in [0.2, 0.25) is 0 Å². The molecule has 0 unspecified atom stereocenters. The Morgan fingerprint density at radius 3 is 2.50 bits per heavy atom. The van der Waals surface area contributed by atoms with Crippen molar-refractivity contribution < 1.29 is 37.1 Å². The molecule has 0 spiro atoms. The third-order valence-electron chi connectivity index (χ3n) is 4.83. The molecule has 1 saturated heterocycles. The molecule has 9 nitrogen and oxygen atoms in total. The number of hydrogen-bond donors (Lipinski definition) is 3. The van der Waals surface area contributed by atoms with Crippen LogP contribution >= 0.6 is 0 Å². The van der Waals surface area contributed by atoms with Gasteiger partial charge in [0.15, 0.2) is 0 Å². The quantitative estimate of drug-likeness (QED) is 0.590. The molecule has 13 heteroatoms. The highest BCUT2D eigenvalue weighted by atomic mass is 19.4. The van der Waals surface area contributed by atoms with E-state index in [0.717, 1.165) is 24.5 Å². The molecule has 32 heavy (non-hydrogen) atoms. The monoisotopic (exact) mass is 455 g/mol. The summed E-state index contributed by atoms with van der Waals surface area (Å²) in [6.45, 7) is -0.621. The molecular formula is C19H17F4N5O4. The lowest BCUT2D eigenvalue weighted by Gasteiger charge is -2.20. The predicted molar refractivity (Wildman–Crippen MR) is 101 cm³/mol. The summed E-state index contributed by atoms with van der Waals surface area (Å²) in [7, 11) is 0. The maximum Gasteiger partial charge on any atom is 0.433 e. The summed E-state index contributed by atoms with van der Waals surface area (Å²) < 4.78 is 51.8. The van der Waals surface area contributed by atoms with Crippen LogP contribution in [0.25, 0.3) is 11.1 Å². The van der Waals surface area contributed by atoms with Crippen molar-refractivity contribution in [1.29, 1.82) is 0 Å². The zero-order valence-corrected chi connectivity index (χ0v) is 16.3. The Labute approximate surface area is 178 Å². The first-order valence-corrected chi connectivity index (χ1v) is 9.21. The summed E-state index contributed by atoms with van der Waals surface area (Å²) in [4.78, 5) is 43.3. The molecular weight excluding hydrogens is 438 g/mol. The van der Waals surface area contributed by atoms with Crippen LogP contribution in [-0.4, -0.2) is 56.6 Å². The maximum absolute atomic E-state index is 13.6. The second kappa shape index (κ2) is 8.77. The average molecular weight is 455 g/mol. The van der Waals surface area contributed by atoms with Crippen molar-refractivity contribution in [2.24, 2.45) is 5.73 Å². The Hall–Kier alpha value is -3.77. The van der Waals surface area contributed by atoms with Crippen molar-refractivity contribution in [3.8, 4) is 11.1 Å². The van der Waals surface area contributed by atoms with Crippen LogP contribution in [0.1, 0.15) is 28.2 Å². The van der Waals surface area contributed by atoms with E-state index in [1.807, 2.05) is 0 Å². The topological polar surface area (TPSA) is 139 Å². The van der Waals surface area contributed by atoms with E-state index in [2.05, 4.69) is 15.3 Å². The Morgan fingerprint density at radius 1 is 1.22 bits per heavy atom. The highest BCUT2D eigenvalue weighted by molar-refractivity contribution is 5.99. The van der Waals surface area contributed by atoms with Gasteiger partial charge in [-0.05, 0) is 17.7 Å². The molecule has 2 aromatic rings. The standard InChI is InChI=1S/C19H17F4N5O4/c20-10-3-14(28(8-10)18(31)32)17(30)27-6-11-4-12(13(7-25-11)16(24)29)9-1-2-15(26-5-9)19(21,22)23/h1-2,4-5,7,10,14H,3,6,8H2,(H2,24,29)(H,27,30)(H,31,32)/t10-,14-/m1/s1. The molecule has 1 aliphatic heterocycles. The number of alkyl halides is 4. The number of aromatic nitrogens is 2. The van der Waals surface area contributed by atoms with Crippen LogP contribution in [0.4, 0.5) is 22.4 Å². The lowest BCUT2D eigenvalue weighted by molar-refractivity contribution is -0.141. The van der Waals surface area contributed by atoms with Crippen molar-refractivity contribution in [1.82, 2.24) is 20.2 Å². The molecule has 1 fully saturated rings. The number of halogens is 4. The van der Waals surface area contributed by atoms with Crippen molar-refractivity contribution in [3.63, 3.8) is 0 Å². The van der Waals surface area contributed by atoms with Gasteiger partial charge in [0.05, 0.1) is 24.3 Å². The molecule has 0 saturated carbocycles. The zero-order chi connectivity index (χ0) is 23.6. The molecule has 0 aromatic carbocycles. The van der Waals surface area contributed by atoms with Crippen LogP contribution in [-0.2, 0) is 17.5 Å². The highest BCUT2D eigenvalue weighted by Gasteiger charge is 2.39. The van der Waals surface area contributed by atoms with E-state index in [9.17, 15) is 31.9 Å². The molecule has 0 aliphatic carbocycles. The maximum atomic E-state index is 13.6. The third-order valence-corrected chi connectivity index (χ3v) is 4.83. The van der Waals surface area contributed by atoms with Crippen LogP contribution in [0.3, 0.4) is 0 Å². The molecule has 2 aromatic heterocycles. The molecule has 3 rings (SSSR count). The van der Waals surface area contributed by atoms with Gasteiger partial charge < -0.3 is 16.2 Å². The van der Waals surface area contributed by atoms with E-state index in [1.54, 1.807) is 0 Å². The van der Waals surface area contributed by atoms with Gasteiger partial charge in [0, 0.05) is 24.4 Å². The van der Waals surface area contributed by atoms with Crippen LogP contribution in [0.15, 0.2) is 30.6 Å². The second-order valence-electron chi connectivity index (χ2n) is 7.02. The largest absolute Gasteiger partial charge is 0.465 e. The number of likely N-dealkylation sites (tertiary alicyclic amines) is 1. The normalized spacial score (nSPS) is 18.4. The summed E-state index contributed by atoms with van der Waals surface area (Å²) in [6, 6.07) is 2.00. The number of carbonyl (C=O) groups excluding carboxylic acids is 2. The lowest BCUT2D eigenvalue weighted by atomic mass is 10.0. The first-order valence-electron chi connectivity index (χ1n) is 9.21. The SMILES string of the molecule is NC(=O)c1cnc(CNC(=O)[C@H]2C[C@@H](F)CN2C(=O)O)cc1-c1ccc(C(F)(F)F)nc1. The van der Waals surface area contributed by atoms with Gasteiger partial charge in [0.25, 0.3) is 5.91 Å². The summed E-state index contributed by atoms with van der Waals surface area (Å²) in [5.74, 6) is -1.61. The zero-order valence-electron chi connectivity index (χ0n) is 16.3. The number of carbonyl (C=O) groups is 3. The third kappa shape index (κ3) is 4.92. The van der Waals surface area contributed by atoms with E-state index >= 15 is 0 Å². The molecule has 1 aliphatic rings. The number of nitrogens with two attached hydrogens (primary N) is 1. The number of pyridine rings is 2. The minimum atomic E-state index is -4.64. The van der Waals surface area contributed by atoms with Crippen LogP contribution in [0, 0.1) is 0 Å². The molecule has 170 valence electrons. The minimum absolute atomic E-state index is 0.0743. The Kier molecular flexibility index (Phi) is 6.27. The van der Waals surface area contributed by atoms with E-state index in [-0.39, 0.29) is 35.3 Å². The Morgan fingerprint density at radius 2 is 1.94 bits per heavy atom. The smallest absolute Gasteiger partial charge is 0.433 e.